The Labute approximate surface area is 128 Å². The van der Waals surface area contributed by atoms with Gasteiger partial charge in [0.15, 0.2) is 0 Å². The number of imidazole rings is 1. The molecule has 3 rings (SSSR count). The first-order chi connectivity index (χ1) is 10.5. The topological polar surface area (TPSA) is 41.3 Å². The van der Waals surface area contributed by atoms with E-state index in [0.29, 0.717) is 6.54 Å². The van der Waals surface area contributed by atoms with Crippen molar-refractivity contribution in [1.82, 2.24) is 14.5 Å². The Morgan fingerprint density at radius 2 is 2.05 bits per heavy atom. The molecule has 2 aromatic rings. The van der Waals surface area contributed by atoms with E-state index in [1.807, 2.05) is 18.7 Å². The van der Waals surface area contributed by atoms with E-state index in [-0.39, 0.29) is 12.1 Å². The van der Waals surface area contributed by atoms with E-state index in [0.717, 1.165) is 48.5 Å². The highest BCUT2D eigenvalue weighted by Crippen LogP contribution is 2.22. The minimum Gasteiger partial charge on any atom is -0.387 e. The fraction of sp³-hybridized carbons (Fsp3) is 0.438. The lowest BCUT2D eigenvalue weighted by atomic mass is 10.1. The summed E-state index contributed by atoms with van der Waals surface area (Å²) < 4.78 is 29.1. The first-order valence-corrected chi connectivity index (χ1v) is 7.33. The van der Waals surface area contributed by atoms with Gasteiger partial charge in [-0.15, -0.1) is 0 Å². The van der Waals surface area contributed by atoms with Gasteiger partial charge in [0.1, 0.15) is 17.5 Å². The van der Waals surface area contributed by atoms with Crippen LogP contribution >= 0.6 is 0 Å². The highest BCUT2D eigenvalue weighted by molar-refractivity contribution is 5.21. The van der Waals surface area contributed by atoms with Crippen LogP contribution in [0.25, 0.3) is 0 Å². The number of aliphatic hydroxyl groups is 1. The first-order valence-electron chi connectivity index (χ1n) is 7.33. The van der Waals surface area contributed by atoms with E-state index < -0.39 is 17.7 Å². The molecular weight excluding hydrogens is 288 g/mol. The molecule has 1 aliphatic heterocycles. The molecule has 118 valence electrons. The number of aromatic nitrogens is 2. The van der Waals surface area contributed by atoms with Gasteiger partial charge in [0.05, 0.1) is 18.3 Å². The maximum absolute atomic E-state index is 13.7. The molecule has 0 fully saturated rings. The zero-order chi connectivity index (χ0) is 15.9. The second-order valence-corrected chi connectivity index (χ2v) is 5.77. The number of halogens is 2. The summed E-state index contributed by atoms with van der Waals surface area (Å²) in [6, 6.07) is 3.15. The normalized spacial score (nSPS) is 16.6. The van der Waals surface area contributed by atoms with Gasteiger partial charge in [-0.25, -0.2) is 13.8 Å². The number of aliphatic hydroxyl groups excluding tert-OH is 1. The Balaban J connectivity index is 1.73. The van der Waals surface area contributed by atoms with Crippen molar-refractivity contribution in [3.63, 3.8) is 0 Å². The third-order valence-electron chi connectivity index (χ3n) is 4.29. The van der Waals surface area contributed by atoms with Gasteiger partial charge in [0.2, 0.25) is 0 Å². The summed E-state index contributed by atoms with van der Waals surface area (Å²) in [5.41, 5.74) is 2.17. The molecule has 22 heavy (non-hydrogen) atoms. The molecule has 0 bridgehead atoms. The summed E-state index contributed by atoms with van der Waals surface area (Å²) in [7, 11) is 0. The minimum absolute atomic E-state index is 0.00118. The molecule has 0 radical (unpaired) electrons. The number of fused-ring (bicyclic) bond motifs is 1. The second kappa shape index (κ2) is 5.78. The molecule has 0 aliphatic carbocycles. The number of aryl methyl sites for hydroxylation is 1. The summed E-state index contributed by atoms with van der Waals surface area (Å²) in [4.78, 5) is 6.53. The lowest BCUT2D eigenvalue weighted by Gasteiger charge is -2.30. The number of benzene rings is 1. The molecule has 0 amide bonds. The van der Waals surface area contributed by atoms with Crippen LogP contribution in [0, 0.1) is 25.5 Å². The minimum atomic E-state index is -1.06. The summed E-state index contributed by atoms with van der Waals surface area (Å²) in [6.45, 7) is 6.41. The number of rotatable bonds is 3. The molecule has 1 aliphatic rings. The van der Waals surface area contributed by atoms with Crippen LogP contribution in [0.5, 0.6) is 0 Å². The molecule has 1 atom stereocenters. The van der Waals surface area contributed by atoms with Crippen LogP contribution in [0.4, 0.5) is 8.78 Å². The van der Waals surface area contributed by atoms with E-state index in [9.17, 15) is 13.9 Å². The Hall–Kier alpha value is -1.79. The van der Waals surface area contributed by atoms with E-state index >= 15 is 0 Å². The average molecular weight is 307 g/mol. The molecule has 4 nitrogen and oxygen atoms in total. The third kappa shape index (κ3) is 2.76. The second-order valence-electron chi connectivity index (χ2n) is 5.77. The summed E-state index contributed by atoms with van der Waals surface area (Å²) in [5, 5.41) is 10.2. The average Bonchev–Trinajstić information content (AvgIpc) is 2.76. The molecule has 2 heterocycles. The van der Waals surface area contributed by atoms with Crippen molar-refractivity contribution in [2.75, 3.05) is 13.1 Å². The summed E-state index contributed by atoms with van der Waals surface area (Å²) in [6.07, 6.45) is -1.06. The first kappa shape index (κ1) is 15.1. The quantitative estimate of drug-likeness (QED) is 0.946. The fourth-order valence-corrected chi connectivity index (χ4v) is 2.93. The Morgan fingerprint density at radius 1 is 1.27 bits per heavy atom. The van der Waals surface area contributed by atoms with Crippen molar-refractivity contribution >= 4 is 0 Å². The van der Waals surface area contributed by atoms with Crippen LogP contribution in [0.1, 0.15) is 28.9 Å². The van der Waals surface area contributed by atoms with Gasteiger partial charge in [-0.1, -0.05) is 0 Å². The van der Waals surface area contributed by atoms with Crippen molar-refractivity contribution in [2.45, 2.75) is 33.0 Å². The van der Waals surface area contributed by atoms with E-state index in [1.165, 1.54) is 0 Å². The summed E-state index contributed by atoms with van der Waals surface area (Å²) in [5.74, 6) is -0.178. The predicted octanol–water partition coefficient (Wildman–Crippen LogP) is 2.33. The maximum atomic E-state index is 13.7. The van der Waals surface area contributed by atoms with Gasteiger partial charge in [-0.3, -0.25) is 4.90 Å². The van der Waals surface area contributed by atoms with Crippen LogP contribution in [-0.4, -0.2) is 32.6 Å². The van der Waals surface area contributed by atoms with Crippen LogP contribution in [0.2, 0.25) is 0 Å². The van der Waals surface area contributed by atoms with Crippen LogP contribution in [0.15, 0.2) is 18.2 Å². The van der Waals surface area contributed by atoms with Crippen molar-refractivity contribution in [3.8, 4) is 0 Å². The zero-order valence-corrected chi connectivity index (χ0v) is 12.7. The van der Waals surface area contributed by atoms with Gasteiger partial charge in [-0.05, 0) is 32.0 Å². The van der Waals surface area contributed by atoms with Crippen LogP contribution in [-0.2, 0) is 13.1 Å². The van der Waals surface area contributed by atoms with Crippen molar-refractivity contribution in [2.24, 2.45) is 0 Å². The molecule has 0 saturated heterocycles. The number of nitrogens with zero attached hydrogens (tertiary/aromatic N) is 3. The monoisotopic (exact) mass is 307 g/mol. The molecule has 1 aromatic carbocycles. The van der Waals surface area contributed by atoms with Gasteiger partial charge in [-0.2, -0.15) is 0 Å². The Bertz CT molecular complexity index is 699. The number of hydrogen-bond acceptors (Lipinski definition) is 3. The number of hydrogen-bond donors (Lipinski definition) is 1. The van der Waals surface area contributed by atoms with Gasteiger partial charge < -0.3 is 9.67 Å². The van der Waals surface area contributed by atoms with Gasteiger partial charge in [0.25, 0.3) is 0 Å². The number of β-amino-alcohol motifs (C(OH)–C–C–N with tert-alkyl or cyclic N) is 1. The van der Waals surface area contributed by atoms with Crippen molar-refractivity contribution in [3.05, 3.63) is 52.6 Å². The van der Waals surface area contributed by atoms with Crippen LogP contribution in [0.3, 0.4) is 0 Å². The van der Waals surface area contributed by atoms with Gasteiger partial charge >= 0.3 is 0 Å². The largest absolute Gasteiger partial charge is 0.387 e. The Morgan fingerprint density at radius 3 is 2.82 bits per heavy atom. The molecular formula is C16H19F2N3O. The Kier molecular flexibility index (Phi) is 3.97. The molecule has 1 aromatic heterocycles. The third-order valence-corrected chi connectivity index (χ3v) is 4.29. The smallest absolute Gasteiger partial charge is 0.129 e. The maximum Gasteiger partial charge on any atom is 0.129 e. The van der Waals surface area contributed by atoms with E-state index in [4.69, 9.17) is 0 Å². The molecule has 0 spiro atoms. The zero-order valence-electron chi connectivity index (χ0n) is 12.7. The predicted molar refractivity (Wildman–Crippen MR) is 78.3 cm³/mol. The van der Waals surface area contributed by atoms with Crippen molar-refractivity contribution < 1.29 is 13.9 Å². The highest BCUT2D eigenvalue weighted by Gasteiger charge is 2.23. The van der Waals surface area contributed by atoms with E-state index in [1.54, 1.807) is 0 Å². The lowest BCUT2D eigenvalue weighted by molar-refractivity contribution is 0.0932. The summed E-state index contributed by atoms with van der Waals surface area (Å²) >= 11 is 0. The molecule has 1 N–H and O–H groups in total. The van der Waals surface area contributed by atoms with Gasteiger partial charge in [0, 0.05) is 30.9 Å². The molecule has 0 saturated carbocycles. The molecule has 1 unspecified atom stereocenters. The highest BCUT2D eigenvalue weighted by atomic mass is 19.1. The molecule has 6 heteroatoms. The fourth-order valence-electron chi connectivity index (χ4n) is 2.93. The van der Waals surface area contributed by atoms with Crippen LogP contribution < -0.4 is 0 Å². The standard InChI is InChI=1S/C16H19F2N3O/c1-10-11(2)21-6-5-20(9-16(21)19-10)8-15(22)13-7-12(17)3-4-14(13)18/h3-4,7,15,22H,5-6,8-9H2,1-2H3. The van der Waals surface area contributed by atoms with E-state index in [2.05, 4.69) is 9.55 Å². The lowest BCUT2D eigenvalue weighted by Crippen LogP contribution is -2.37. The SMILES string of the molecule is Cc1nc2n(c1C)CCN(CC(O)c1cc(F)ccc1F)C2. The van der Waals surface area contributed by atoms with Crippen molar-refractivity contribution in [1.29, 1.82) is 0 Å².